The van der Waals surface area contributed by atoms with Gasteiger partial charge in [-0.3, -0.25) is 4.79 Å². The zero-order chi connectivity index (χ0) is 21.9. The average Bonchev–Trinajstić information content (AvgIpc) is 2.93. The molecule has 162 valence electrons. The number of anilines is 2. The quantitative estimate of drug-likeness (QED) is 0.631. The van der Waals surface area contributed by atoms with E-state index in [0.717, 1.165) is 24.2 Å². The van der Waals surface area contributed by atoms with Crippen LogP contribution in [0.1, 0.15) is 50.8 Å². The van der Waals surface area contributed by atoms with Crippen LogP contribution in [-0.4, -0.2) is 25.6 Å². The Morgan fingerprint density at radius 3 is 2.63 bits per heavy atom. The number of carbonyl (C=O) groups excluding carboxylic acids is 1. The van der Waals surface area contributed by atoms with Crippen molar-refractivity contribution in [3.05, 3.63) is 58.4 Å². The van der Waals surface area contributed by atoms with Crippen LogP contribution < -0.4 is 10.2 Å². The number of halogens is 2. The largest absolute Gasteiger partial charge is 0.372 e. The van der Waals surface area contributed by atoms with Crippen molar-refractivity contribution in [2.45, 2.75) is 46.6 Å². The van der Waals surface area contributed by atoms with Gasteiger partial charge >= 0.3 is 0 Å². The molecular weight excluding hydrogens is 403 g/mol. The van der Waals surface area contributed by atoms with Crippen molar-refractivity contribution in [1.82, 2.24) is 0 Å². The monoisotopic (exact) mass is 432 g/mol. The molecule has 0 bridgehead atoms. The van der Waals surface area contributed by atoms with Crippen LogP contribution in [0.5, 0.6) is 0 Å². The van der Waals surface area contributed by atoms with Crippen LogP contribution >= 0.6 is 11.6 Å². The topological polar surface area (TPSA) is 41.6 Å². The van der Waals surface area contributed by atoms with E-state index in [1.54, 1.807) is 13.0 Å². The Hall–Kier alpha value is -2.11. The minimum Gasteiger partial charge on any atom is -0.372 e. The minimum atomic E-state index is -0.482. The molecule has 1 saturated heterocycles. The number of hydrogen-bond acceptors (Lipinski definition) is 3. The zero-order valence-electron chi connectivity index (χ0n) is 18.1. The second-order valence-electron chi connectivity index (χ2n) is 9.02. The van der Waals surface area contributed by atoms with Crippen molar-refractivity contribution < 1.29 is 13.9 Å². The first kappa shape index (κ1) is 22.6. The van der Waals surface area contributed by atoms with Crippen molar-refractivity contribution in [1.29, 1.82) is 0 Å². The van der Waals surface area contributed by atoms with Gasteiger partial charge in [0.2, 0.25) is 5.91 Å². The van der Waals surface area contributed by atoms with E-state index in [9.17, 15) is 4.79 Å². The van der Waals surface area contributed by atoms with Gasteiger partial charge in [0, 0.05) is 30.8 Å². The summed E-state index contributed by atoms with van der Waals surface area (Å²) in [4.78, 5) is 14.4. The summed E-state index contributed by atoms with van der Waals surface area (Å²) >= 11 is 6.39. The molecule has 4 nitrogen and oxygen atoms in total. The molecule has 3 rings (SSSR count). The van der Waals surface area contributed by atoms with Gasteiger partial charge in [-0.25, -0.2) is 4.39 Å². The number of benzene rings is 2. The maximum Gasteiger partial charge on any atom is 0.225 e. The zero-order valence-corrected chi connectivity index (χ0v) is 18.9. The third-order valence-corrected chi connectivity index (χ3v) is 5.54. The van der Waals surface area contributed by atoms with Gasteiger partial charge < -0.3 is 15.0 Å². The SMILES string of the molecule is Cc1c(N2CCOC(c3ccccc3)CC2)cc(Cl)c(NC(=O)CC(C)(C)C)c1F. The molecule has 0 spiro atoms. The number of amides is 1. The first-order valence-corrected chi connectivity index (χ1v) is 10.7. The predicted molar refractivity (Wildman–Crippen MR) is 121 cm³/mol. The fraction of sp³-hybridized carbons (Fsp3) is 0.458. The molecule has 1 fully saturated rings. The van der Waals surface area contributed by atoms with Gasteiger partial charge in [-0.1, -0.05) is 62.7 Å². The summed E-state index contributed by atoms with van der Waals surface area (Å²) < 4.78 is 21.2. The lowest BCUT2D eigenvalue weighted by atomic mass is 9.92. The van der Waals surface area contributed by atoms with Gasteiger partial charge in [0.25, 0.3) is 0 Å². The van der Waals surface area contributed by atoms with Crippen LogP contribution in [0.25, 0.3) is 0 Å². The molecule has 2 aromatic rings. The smallest absolute Gasteiger partial charge is 0.225 e. The van der Waals surface area contributed by atoms with Crippen molar-refractivity contribution in [3.8, 4) is 0 Å². The molecule has 1 atom stereocenters. The molecule has 30 heavy (non-hydrogen) atoms. The minimum absolute atomic E-state index is 0.0211. The van der Waals surface area contributed by atoms with Crippen molar-refractivity contribution >= 4 is 28.9 Å². The summed E-state index contributed by atoms with van der Waals surface area (Å²) in [7, 11) is 0. The highest BCUT2D eigenvalue weighted by molar-refractivity contribution is 6.34. The van der Waals surface area contributed by atoms with E-state index in [-0.39, 0.29) is 34.6 Å². The molecule has 2 aromatic carbocycles. The molecule has 1 unspecified atom stereocenters. The van der Waals surface area contributed by atoms with Crippen LogP contribution in [-0.2, 0) is 9.53 Å². The molecule has 0 saturated carbocycles. The van der Waals surface area contributed by atoms with E-state index in [2.05, 4.69) is 22.3 Å². The summed E-state index contributed by atoms with van der Waals surface area (Å²) in [6, 6.07) is 11.9. The van der Waals surface area contributed by atoms with E-state index >= 15 is 4.39 Å². The summed E-state index contributed by atoms with van der Waals surface area (Å²) in [6.07, 6.45) is 1.11. The van der Waals surface area contributed by atoms with Crippen LogP contribution in [0.2, 0.25) is 5.02 Å². The number of nitrogens with zero attached hydrogens (tertiary/aromatic N) is 1. The number of rotatable bonds is 4. The lowest BCUT2D eigenvalue weighted by molar-refractivity contribution is -0.117. The van der Waals surface area contributed by atoms with Gasteiger partial charge in [0.15, 0.2) is 5.82 Å². The maximum absolute atomic E-state index is 15.2. The maximum atomic E-state index is 15.2. The highest BCUT2D eigenvalue weighted by Crippen LogP contribution is 2.36. The van der Waals surface area contributed by atoms with E-state index < -0.39 is 5.82 Å². The Kier molecular flexibility index (Phi) is 7.04. The fourth-order valence-corrected chi connectivity index (χ4v) is 3.99. The Morgan fingerprint density at radius 2 is 1.97 bits per heavy atom. The van der Waals surface area contributed by atoms with Crippen LogP contribution in [0.4, 0.5) is 15.8 Å². The fourth-order valence-electron chi connectivity index (χ4n) is 3.76. The molecular formula is C24H30ClFN2O2. The third kappa shape index (κ3) is 5.52. The van der Waals surface area contributed by atoms with Gasteiger partial charge in [-0.2, -0.15) is 0 Å². The molecule has 1 aliphatic rings. The summed E-state index contributed by atoms with van der Waals surface area (Å²) in [5, 5.41) is 2.87. The van der Waals surface area contributed by atoms with Crippen molar-refractivity contribution in [2.75, 3.05) is 29.9 Å². The van der Waals surface area contributed by atoms with Crippen LogP contribution in [0.15, 0.2) is 36.4 Å². The number of hydrogen-bond donors (Lipinski definition) is 1. The second kappa shape index (κ2) is 9.36. The Morgan fingerprint density at radius 1 is 1.27 bits per heavy atom. The molecule has 6 heteroatoms. The molecule has 1 heterocycles. The predicted octanol–water partition coefficient (Wildman–Crippen LogP) is 6.13. The Bertz CT molecular complexity index is 896. The summed E-state index contributed by atoms with van der Waals surface area (Å²) in [5.41, 5.74) is 2.23. The lowest BCUT2D eigenvalue weighted by Gasteiger charge is -2.26. The molecule has 1 aliphatic heterocycles. The number of nitrogens with one attached hydrogen (secondary N) is 1. The normalized spacial score (nSPS) is 17.5. The highest BCUT2D eigenvalue weighted by atomic mass is 35.5. The number of carbonyl (C=O) groups is 1. The highest BCUT2D eigenvalue weighted by Gasteiger charge is 2.24. The lowest BCUT2D eigenvalue weighted by Crippen LogP contribution is -2.27. The molecule has 1 amide bonds. The van der Waals surface area contributed by atoms with Crippen LogP contribution in [0, 0.1) is 18.2 Å². The number of ether oxygens (including phenoxy) is 1. The van der Waals surface area contributed by atoms with E-state index in [4.69, 9.17) is 16.3 Å². The molecule has 0 aliphatic carbocycles. The van der Waals surface area contributed by atoms with E-state index in [0.29, 0.717) is 18.7 Å². The Balaban J connectivity index is 1.77. The second-order valence-corrected chi connectivity index (χ2v) is 9.43. The first-order valence-electron chi connectivity index (χ1n) is 10.4. The summed E-state index contributed by atoms with van der Waals surface area (Å²) in [5.74, 6) is -0.728. The van der Waals surface area contributed by atoms with Crippen molar-refractivity contribution in [3.63, 3.8) is 0 Å². The van der Waals surface area contributed by atoms with Gasteiger partial charge in [0.05, 0.1) is 23.4 Å². The average molecular weight is 433 g/mol. The van der Waals surface area contributed by atoms with E-state index in [1.165, 1.54) is 0 Å². The molecule has 1 N–H and O–H groups in total. The summed E-state index contributed by atoms with van der Waals surface area (Å²) in [6.45, 7) is 9.53. The Labute approximate surface area is 183 Å². The van der Waals surface area contributed by atoms with Gasteiger partial charge in [0.1, 0.15) is 0 Å². The van der Waals surface area contributed by atoms with Gasteiger partial charge in [-0.15, -0.1) is 0 Å². The molecule has 0 radical (unpaired) electrons. The first-order chi connectivity index (χ1) is 14.2. The van der Waals surface area contributed by atoms with Gasteiger partial charge in [-0.05, 0) is 30.4 Å². The standard InChI is InChI=1S/C24H30ClFN2O2/c1-16-19(14-18(25)23(22(16)26)27-21(29)15-24(2,3)4)28-11-10-20(30-13-12-28)17-8-6-5-7-9-17/h5-9,14,20H,10-13,15H2,1-4H3,(H,27,29). The van der Waals surface area contributed by atoms with Crippen molar-refractivity contribution in [2.24, 2.45) is 5.41 Å². The molecule has 0 aromatic heterocycles. The van der Waals surface area contributed by atoms with Crippen LogP contribution in [0.3, 0.4) is 0 Å². The van der Waals surface area contributed by atoms with E-state index in [1.807, 2.05) is 39.0 Å². The third-order valence-electron chi connectivity index (χ3n) is 5.24.